The van der Waals surface area contributed by atoms with Crippen LogP contribution in [0.3, 0.4) is 0 Å². The van der Waals surface area contributed by atoms with Crippen LogP contribution in [0.25, 0.3) is 44.3 Å². The number of amidine groups is 2. The molecule has 6 heteroatoms. The molecule has 4 N–H and O–H groups in total. The molecule has 2 unspecified atom stereocenters. The lowest BCUT2D eigenvalue weighted by Crippen LogP contribution is -2.35. The second-order valence-electron chi connectivity index (χ2n) is 10.9. The first kappa shape index (κ1) is 25.9. The van der Waals surface area contributed by atoms with Crippen molar-refractivity contribution in [1.29, 1.82) is 0 Å². The highest BCUT2D eigenvalue weighted by Crippen LogP contribution is 2.29. The Balaban J connectivity index is 0.00000142. The van der Waals surface area contributed by atoms with Gasteiger partial charge in [0.1, 0.15) is 11.7 Å². The van der Waals surface area contributed by atoms with Gasteiger partial charge < -0.3 is 20.6 Å². The molecule has 204 valence electrons. The van der Waals surface area contributed by atoms with Crippen molar-refractivity contribution < 1.29 is 0 Å². The zero-order valence-corrected chi connectivity index (χ0v) is 23.8. The number of aromatic nitrogens is 2. The summed E-state index contributed by atoms with van der Waals surface area (Å²) < 4.78 is 0. The van der Waals surface area contributed by atoms with Crippen LogP contribution in [0, 0.1) is 11.8 Å². The lowest BCUT2D eigenvalue weighted by atomic mass is 10.1. The highest BCUT2D eigenvalue weighted by Gasteiger charge is 2.15. The highest BCUT2D eigenvalue weighted by atomic mass is 15.0. The van der Waals surface area contributed by atoms with Gasteiger partial charge in [0, 0.05) is 70.5 Å². The van der Waals surface area contributed by atoms with Gasteiger partial charge in [-0.15, -0.1) is 0 Å². The molecule has 5 aromatic rings. The smallest absolute Gasteiger partial charge is 0.128 e. The van der Waals surface area contributed by atoms with Crippen LogP contribution in [0.1, 0.15) is 38.8 Å². The van der Waals surface area contributed by atoms with Crippen molar-refractivity contribution in [2.75, 3.05) is 26.2 Å². The molecule has 0 saturated carbocycles. The number of rotatable bonds is 4. The number of aromatic amines is 2. The Morgan fingerprint density at radius 1 is 0.550 bits per heavy atom. The molecule has 6 nitrogen and oxygen atoms in total. The number of fused-ring (bicyclic) bond motifs is 2. The Hall–Kier alpha value is -4.32. The molecule has 40 heavy (non-hydrogen) atoms. The zero-order chi connectivity index (χ0) is 27.6. The van der Waals surface area contributed by atoms with Crippen LogP contribution in [0.4, 0.5) is 0 Å². The van der Waals surface area contributed by atoms with Crippen molar-refractivity contribution in [3.05, 3.63) is 83.9 Å². The van der Waals surface area contributed by atoms with Crippen molar-refractivity contribution >= 4 is 33.5 Å². The topological polar surface area (TPSA) is 80.4 Å². The van der Waals surface area contributed by atoms with Crippen molar-refractivity contribution in [2.24, 2.45) is 21.8 Å². The standard InChI is InChI=1S/C32H32N6.C2H6/c1-19-15-33-31(34-16-19)25-9-7-23-11-27(37-29(23)13-25)21-3-5-22(6-4-21)28-12-24-8-10-26(14-30(24)38-28)32-35-17-20(2)18-36-32;1-2/h3-14,19-20,37-38H,15-18H2,1-2H3,(H,33,34)(H,35,36);1-2H3. The van der Waals surface area contributed by atoms with E-state index in [9.17, 15) is 0 Å². The Bertz CT molecular complexity index is 1570. The number of aliphatic imine (C=N–C) groups is 2. The van der Waals surface area contributed by atoms with Crippen molar-refractivity contribution in [3.8, 4) is 22.5 Å². The molecule has 3 aromatic carbocycles. The van der Waals surface area contributed by atoms with Crippen LogP contribution in [0.2, 0.25) is 0 Å². The highest BCUT2D eigenvalue weighted by molar-refractivity contribution is 6.03. The molecule has 2 atom stereocenters. The van der Waals surface area contributed by atoms with Crippen LogP contribution in [0.5, 0.6) is 0 Å². The monoisotopic (exact) mass is 530 g/mol. The summed E-state index contributed by atoms with van der Waals surface area (Å²) in [7, 11) is 0. The van der Waals surface area contributed by atoms with Gasteiger partial charge in [-0.05, 0) is 47.2 Å². The minimum absolute atomic E-state index is 0.585. The van der Waals surface area contributed by atoms with Crippen LogP contribution in [-0.2, 0) is 0 Å². The van der Waals surface area contributed by atoms with Crippen molar-refractivity contribution in [2.45, 2.75) is 27.7 Å². The van der Waals surface area contributed by atoms with E-state index in [4.69, 9.17) is 9.98 Å². The second kappa shape index (κ2) is 11.0. The third-order valence-corrected chi connectivity index (χ3v) is 7.66. The summed E-state index contributed by atoms with van der Waals surface area (Å²) in [5.74, 6) is 3.16. The van der Waals surface area contributed by atoms with Gasteiger partial charge in [-0.25, -0.2) is 0 Å². The van der Waals surface area contributed by atoms with Crippen LogP contribution >= 0.6 is 0 Å². The molecule has 0 spiro atoms. The quantitative estimate of drug-likeness (QED) is 0.202. The van der Waals surface area contributed by atoms with E-state index >= 15 is 0 Å². The molecule has 0 aliphatic carbocycles. The van der Waals surface area contributed by atoms with Gasteiger partial charge in [-0.3, -0.25) is 9.98 Å². The number of hydrogen-bond donors (Lipinski definition) is 4. The maximum absolute atomic E-state index is 4.72. The third kappa shape index (κ3) is 5.14. The Morgan fingerprint density at radius 2 is 0.950 bits per heavy atom. The maximum atomic E-state index is 4.72. The Kier molecular flexibility index (Phi) is 7.16. The molecular weight excluding hydrogens is 492 g/mol. The lowest BCUT2D eigenvalue weighted by Gasteiger charge is -2.19. The van der Waals surface area contributed by atoms with E-state index in [1.54, 1.807) is 0 Å². The average Bonchev–Trinajstić information content (AvgIpc) is 3.63. The van der Waals surface area contributed by atoms with Gasteiger partial charge in [0.05, 0.1) is 0 Å². The molecular formula is C34H38N6. The fourth-order valence-corrected chi connectivity index (χ4v) is 5.35. The minimum atomic E-state index is 0.585. The molecule has 2 aromatic heterocycles. The minimum Gasteiger partial charge on any atom is -0.370 e. The lowest BCUT2D eigenvalue weighted by molar-refractivity contribution is 0.554. The molecule has 0 fully saturated rings. The SMILES string of the molecule is CC.CC1CN=C(c2ccc3cc(-c4ccc(-c5cc6ccc(C7=NCC(C)CN7)cc6[nH]5)cc4)[nH]c3c2)NC1. The molecule has 2 aliphatic heterocycles. The Labute approximate surface area is 236 Å². The molecule has 0 bridgehead atoms. The number of nitrogens with zero attached hydrogens (tertiary/aromatic N) is 2. The number of benzene rings is 3. The molecule has 0 radical (unpaired) electrons. The predicted molar refractivity (Wildman–Crippen MR) is 170 cm³/mol. The average molecular weight is 531 g/mol. The van der Waals surface area contributed by atoms with Gasteiger partial charge in [0.25, 0.3) is 0 Å². The summed E-state index contributed by atoms with van der Waals surface area (Å²) in [4.78, 5) is 16.7. The first-order valence-electron chi connectivity index (χ1n) is 14.5. The summed E-state index contributed by atoms with van der Waals surface area (Å²) in [6, 6.07) is 26.3. The largest absolute Gasteiger partial charge is 0.370 e. The van der Waals surface area contributed by atoms with Crippen molar-refractivity contribution in [1.82, 2.24) is 20.6 Å². The van der Waals surface area contributed by atoms with Gasteiger partial charge in [-0.1, -0.05) is 76.2 Å². The first-order chi connectivity index (χ1) is 19.6. The van der Waals surface area contributed by atoms with E-state index in [0.29, 0.717) is 11.8 Å². The normalized spacial score (nSPS) is 18.8. The summed E-state index contributed by atoms with van der Waals surface area (Å²) in [6.45, 7) is 12.2. The second-order valence-corrected chi connectivity index (χ2v) is 10.9. The fourth-order valence-electron chi connectivity index (χ4n) is 5.35. The van der Waals surface area contributed by atoms with E-state index in [0.717, 1.165) is 71.4 Å². The number of hydrogen-bond acceptors (Lipinski definition) is 4. The van der Waals surface area contributed by atoms with Crippen molar-refractivity contribution in [3.63, 3.8) is 0 Å². The van der Waals surface area contributed by atoms with E-state index in [1.165, 1.54) is 21.9 Å². The van der Waals surface area contributed by atoms with Gasteiger partial charge in [0.15, 0.2) is 0 Å². The van der Waals surface area contributed by atoms with Crippen LogP contribution < -0.4 is 10.6 Å². The molecule has 0 amide bonds. The Morgan fingerprint density at radius 3 is 1.32 bits per heavy atom. The summed E-state index contributed by atoms with van der Waals surface area (Å²) in [5, 5.41) is 9.34. The summed E-state index contributed by atoms with van der Waals surface area (Å²) in [5.41, 5.74) is 9.10. The molecule has 2 aliphatic rings. The first-order valence-corrected chi connectivity index (χ1v) is 14.5. The summed E-state index contributed by atoms with van der Waals surface area (Å²) >= 11 is 0. The number of H-pyrrole nitrogens is 2. The van der Waals surface area contributed by atoms with Gasteiger partial charge in [-0.2, -0.15) is 0 Å². The van der Waals surface area contributed by atoms with Crippen LogP contribution in [-0.4, -0.2) is 47.8 Å². The third-order valence-electron chi connectivity index (χ3n) is 7.66. The van der Waals surface area contributed by atoms with Gasteiger partial charge >= 0.3 is 0 Å². The number of nitrogens with one attached hydrogen (secondary N) is 4. The van der Waals surface area contributed by atoms with Gasteiger partial charge in [0.2, 0.25) is 0 Å². The summed E-state index contributed by atoms with van der Waals surface area (Å²) in [6.07, 6.45) is 0. The van der Waals surface area contributed by atoms with E-state index in [1.807, 2.05) is 13.8 Å². The molecule has 7 rings (SSSR count). The predicted octanol–water partition coefficient (Wildman–Crippen LogP) is 6.98. The maximum Gasteiger partial charge on any atom is 0.128 e. The van der Waals surface area contributed by atoms with E-state index in [2.05, 4.69) is 107 Å². The van der Waals surface area contributed by atoms with Crippen LogP contribution in [0.15, 0.2) is 82.8 Å². The zero-order valence-electron chi connectivity index (χ0n) is 23.8. The fraction of sp³-hybridized carbons (Fsp3) is 0.294. The van der Waals surface area contributed by atoms with E-state index < -0.39 is 0 Å². The molecule has 0 saturated heterocycles. The molecule has 4 heterocycles. The van der Waals surface area contributed by atoms with E-state index in [-0.39, 0.29) is 0 Å².